The lowest BCUT2D eigenvalue weighted by Gasteiger charge is -2.18. The molecule has 0 spiro atoms. The first-order chi connectivity index (χ1) is 8.45. The number of benzene rings is 1. The van der Waals surface area contributed by atoms with Gasteiger partial charge in [0, 0.05) is 6.92 Å². The Morgan fingerprint density at radius 3 is 2.22 bits per heavy atom. The van der Waals surface area contributed by atoms with Gasteiger partial charge in [-0.05, 0) is 12.5 Å². The zero-order valence-corrected chi connectivity index (χ0v) is 10.7. The highest BCUT2D eigenvalue weighted by atomic mass is 16.6. The Kier molecular flexibility index (Phi) is 4.66. The van der Waals surface area contributed by atoms with E-state index >= 15 is 0 Å². The van der Waals surface area contributed by atoms with Crippen molar-refractivity contribution >= 4 is 11.9 Å². The number of methoxy groups -OCH3 is 1. The van der Waals surface area contributed by atoms with Crippen LogP contribution in [-0.2, 0) is 19.1 Å². The van der Waals surface area contributed by atoms with Crippen molar-refractivity contribution in [3.05, 3.63) is 47.5 Å². The molecule has 0 radical (unpaired) electrons. The van der Waals surface area contributed by atoms with Gasteiger partial charge in [-0.25, -0.2) is 4.79 Å². The molecular formula is C14H16O4. The predicted octanol–water partition coefficient (Wildman–Crippen LogP) is 2.33. The molecule has 0 amide bonds. The molecule has 0 saturated carbocycles. The molecule has 1 aromatic carbocycles. The summed E-state index contributed by atoms with van der Waals surface area (Å²) in [6.07, 6.45) is -0.810. The van der Waals surface area contributed by atoms with Crippen molar-refractivity contribution in [2.24, 2.45) is 0 Å². The van der Waals surface area contributed by atoms with Gasteiger partial charge in [-0.3, -0.25) is 4.79 Å². The Balaban J connectivity index is 3.05. The highest BCUT2D eigenvalue weighted by Crippen LogP contribution is 2.26. The Morgan fingerprint density at radius 2 is 1.78 bits per heavy atom. The van der Waals surface area contributed by atoms with Crippen LogP contribution in [0.5, 0.6) is 0 Å². The summed E-state index contributed by atoms with van der Waals surface area (Å²) in [5.41, 5.74) is 1.85. The van der Waals surface area contributed by atoms with Gasteiger partial charge in [0.1, 0.15) is 0 Å². The Labute approximate surface area is 106 Å². The van der Waals surface area contributed by atoms with Crippen molar-refractivity contribution in [1.82, 2.24) is 0 Å². The average Bonchev–Trinajstić information content (AvgIpc) is 2.35. The molecule has 96 valence electrons. The molecular weight excluding hydrogens is 232 g/mol. The molecule has 1 atom stereocenters. The first kappa shape index (κ1) is 14.0. The van der Waals surface area contributed by atoms with Crippen LogP contribution in [0.15, 0.2) is 36.4 Å². The molecule has 0 N–H and O–H groups in total. The molecule has 1 unspecified atom stereocenters. The SMILES string of the molecule is C=C(C(=O)OC)C(OC(C)=O)c1ccc(C)cc1. The summed E-state index contributed by atoms with van der Waals surface area (Å²) in [6, 6.07) is 7.32. The lowest BCUT2D eigenvalue weighted by Crippen LogP contribution is -2.17. The molecule has 4 nitrogen and oxygen atoms in total. The largest absolute Gasteiger partial charge is 0.466 e. The van der Waals surface area contributed by atoms with Crippen LogP contribution in [0.1, 0.15) is 24.2 Å². The van der Waals surface area contributed by atoms with Gasteiger partial charge in [0.2, 0.25) is 0 Å². The van der Waals surface area contributed by atoms with Gasteiger partial charge < -0.3 is 9.47 Å². The van der Waals surface area contributed by atoms with Crippen LogP contribution < -0.4 is 0 Å². The van der Waals surface area contributed by atoms with E-state index in [1.165, 1.54) is 14.0 Å². The van der Waals surface area contributed by atoms with Crippen LogP contribution in [0.4, 0.5) is 0 Å². The molecule has 0 aromatic heterocycles. The number of rotatable bonds is 4. The minimum absolute atomic E-state index is 0.0940. The fraction of sp³-hybridized carbons (Fsp3) is 0.286. The first-order valence-corrected chi connectivity index (χ1v) is 5.46. The maximum atomic E-state index is 11.5. The predicted molar refractivity (Wildman–Crippen MR) is 66.8 cm³/mol. The summed E-state index contributed by atoms with van der Waals surface area (Å²) in [5.74, 6) is -1.08. The highest BCUT2D eigenvalue weighted by molar-refractivity contribution is 5.89. The number of carbonyl (C=O) groups excluding carboxylic acids is 2. The first-order valence-electron chi connectivity index (χ1n) is 5.46. The van der Waals surface area contributed by atoms with E-state index in [1.54, 1.807) is 12.1 Å². The lowest BCUT2D eigenvalue weighted by atomic mass is 10.0. The van der Waals surface area contributed by atoms with Crippen LogP contribution in [0, 0.1) is 6.92 Å². The maximum absolute atomic E-state index is 11.5. The molecule has 0 bridgehead atoms. The summed E-state index contributed by atoms with van der Waals surface area (Å²) in [5, 5.41) is 0. The maximum Gasteiger partial charge on any atom is 0.337 e. The summed E-state index contributed by atoms with van der Waals surface area (Å²) >= 11 is 0. The van der Waals surface area contributed by atoms with Crippen LogP contribution in [0.25, 0.3) is 0 Å². The Bertz CT molecular complexity index is 459. The van der Waals surface area contributed by atoms with Gasteiger partial charge in [0.25, 0.3) is 0 Å². The zero-order chi connectivity index (χ0) is 13.7. The van der Waals surface area contributed by atoms with E-state index in [9.17, 15) is 9.59 Å². The van der Waals surface area contributed by atoms with E-state index in [4.69, 9.17) is 4.74 Å². The summed E-state index contributed by atoms with van der Waals surface area (Å²) < 4.78 is 9.71. The highest BCUT2D eigenvalue weighted by Gasteiger charge is 2.24. The number of hydrogen-bond acceptors (Lipinski definition) is 4. The number of hydrogen-bond donors (Lipinski definition) is 0. The second kappa shape index (κ2) is 6.00. The van der Waals surface area contributed by atoms with Crippen molar-refractivity contribution < 1.29 is 19.1 Å². The third-order valence-corrected chi connectivity index (χ3v) is 2.43. The normalized spacial score (nSPS) is 11.5. The van der Waals surface area contributed by atoms with Gasteiger partial charge in [-0.1, -0.05) is 36.4 Å². The van der Waals surface area contributed by atoms with Gasteiger partial charge in [-0.2, -0.15) is 0 Å². The minimum Gasteiger partial charge on any atom is -0.466 e. The van der Waals surface area contributed by atoms with Crippen molar-refractivity contribution in [3.8, 4) is 0 Å². The minimum atomic E-state index is -0.810. The Hall–Kier alpha value is -2.10. The van der Waals surface area contributed by atoms with Gasteiger partial charge >= 0.3 is 11.9 Å². The van der Waals surface area contributed by atoms with E-state index in [2.05, 4.69) is 11.3 Å². The van der Waals surface area contributed by atoms with E-state index in [0.29, 0.717) is 5.56 Å². The van der Waals surface area contributed by atoms with Gasteiger partial charge in [0.05, 0.1) is 12.7 Å². The number of aryl methyl sites for hydroxylation is 1. The van der Waals surface area contributed by atoms with E-state index in [1.807, 2.05) is 19.1 Å². The van der Waals surface area contributed by atoms with Crippen LogP contribution in [0.3, 0.4) is 0 Å². The summed E-state index contributed by atoms with van der Waals surface area (Å²) in [7, 11) is 1.26. The van der Waals surface area contributed by atoms with Crippen molar-refractivity contribution in [1.29, 1.82) is 0 Å². The van der Waals surface area contributed by atoms with Crippen molar-refractivity contribution in [2.45, 2.75) is 20.0 Å². The third-order valence-electron chi connectivity index (χ3n) is 2.43. The molecule has 0 fully saturated rings. The molecule has 1 aromatic rings. The molecule has 1 rings (SSSR count). The zero-order valence-electron chi connectivity index (χ0n) is 10.7. The molecule has 0 heterocycles. The van der Waals surface area contributed by atoms with Gasteiger partial charge in [0.15, 0.2) is 6.10 Å². The number of carbonyl (C=O) groups is 2. The summed E-state index contributed by atoms with van der Waals surface area (Å²) in [6.45, 7) is 6.85. The van der Waals surface area contributed by atoms with Crippen molar-refractivity contribution in [3.63, 3.8) is 0 Å². The van der Waals surface area contributed by atoms with Crippen LogP contribution >= 0.6 is 0 Å². The molecule has 0 aliphatic rings. The lowest BCUT2D eigenvalue weighted by molar-refractivity contribution is -0.147. The van der Waals surface area contributed by atoms with Crippen molar-refractivity contribution in [2.75, 3.05) is 7.11 Å². The smallest absolute Gasteiger partial charge is 0.337 e. The molecule has 0 aliphatic carbocycles. The monoisotopic (exact) mass is 248 g/mol. The van der Waals surface area contributed by atoms with Crippen LogP contribution in [-0.4, -0.2) is 19.0 Å². The van der Waals surface area contributed by atoms with E-state index in [0.717, 1.165) is 5.56 Å². The number of esters is 2. The van der Waals surface area contributed by atoms with E-state index in [-0.39, 0.29) is 5.57 Å². The Morgan fingerprint density at radius 1 is 1.22 bits per heavy atom. The molecule has 18 heavy (non-hydrogen) atoms. The fourth-order valence-electron chi connectivity index (χ4n) is 1.49. The topological polar surface area (TPSA) is 52.6 Å². The van der Waals surface area contributed by atoms with Crippen LogP contribution in [0.2, 0.25) is 0 Å². The number of ether oxygens (including phenoxy) is 2. The van der Waals surface area contributed by atoms with E-state index < -0.39 is 18.0 Å². The second-order valence-corrected chi connectivity index (χ2v) is 3.92. The molecule has 0 aliphatic heterocycles. The summed E-state index contributed by atoms with van der Waals surface area (Å²) in [4.78, 5) is 22.6. The molecule has 0 saturated heterocycles. The third kappa shape index (κ3) is 3.45. The second-order valence-electron chi connectivity index (χ2n) is 3.92. The van der Waals surface area contributed by atoms with Gasteiger partial charge in [-0.15, -0.1) is 0 Å². The standard InChI is InChI=1S/C14H16O4/c1-9-5-7-12(8-6-9)13(18-11(3)15)10(2)14(16)17-4/h5-8,13H,2H2,1,3-4H3. The average molecular weight is 248 g/mol. The fourth-order valence-corrected chi connectivity index (χ4v) is 1.49. The quantitative estimate of drug-likeness (QED) is 0.606. The molecule has 4 heteroatoms.